The zero-order chi connectivity index (χ0) is 19.3. The van der Waals surface area contributed by atoms with E-state index in [0.717, 1.165) is 0 Å². The maximum atomic E-state index is 2.27. The first-order valence-corrected chi connectivity index (χ1v) is 13.9. The van der Waals surface area contributed by atoms with Crippen LogP contribution in [0.4, 0.5) is 0 Å². The van der Waals surface area contributed by atoms with Gasteiger partial charge in [0.2, 0.25) is 0 Å². The van der Waals surface area contributed by atoms with E-state index in [-0.39, 0.29) is 6.19 Å². The third-order valence-electron chi connectivity index (χ3n) is 4.23. The Labute approximate surface area is 170 Å². The molecular weight excluding hydrogens is 364 g/mol. The predicted molar refractivity (Wildman–Crippen MR) is 116 cm³/mol. The number of hydrogen-bond donors (Lipinski definition) is 0. The van der Waals surface area contributed by atoms with Crippen LogP contribution in [0.25, 0.3) is 21.5 Å². The van der Waals surface area contributed by atoms with E-state index < -0.39 is 0 Å². The van der Waals surface area contributed by atoms with Gasteiger partial charge >= 0.3 is 38.5 Å². The van der Waals surface area contributed by atoms with E-state index in [4.69, 9.17) is 0 Å². The van der Waals surface area contributed by atoms with E-state index in [0.29, 0.717) is 0 Å². The summed E-state index contributed by atoms with van der Waals surface area (Å²) in [5, 5.41) is 5.51. The summed E-state index contributed by atoms with van der Waals surface area (Å²) in [5.41, 5.74) is 5.45. The van der Waals surface area contributed by atoms with Crippen molar-refractivity contribution >= 4 is 27.7 Å². The summed E-state index contributed by atoms with van der Waals surface area (Å²) in [4.78, 5) is 0. The molecule has 0 aromatic heterocycles. The van der Waals surface area contributed by atoms with Crippen LogP contribution in [0.5, 0.6) is 0 Å². The molecule has 4 aromatic carbocycles. The Balaban J connectivity index is 0.000000156. The molecule has 0 bridgehead atoms. The van der Waals surface area contributed by atoms with Gasteiger partial charge in [-0.3, -0.25) is 0 Å². The van der Waals surface area contributed by atoms with Crippen molar-refractivity contribution in [1.82, 2.24) is 0 Å². The third-order valence-corrected chi connectivity index (χ3v) is 4.23. The molecule has 0 saturated carbocycles. The van der Waals surface area contributed by atoms with Crippen molar-refractivity contribution in [1.29, 1.82) is 0 Å². The number of aryl methyl sites for hydroxylation is 4. The fourth-order valence-corrected chi connectivity index (χ4v) is 3.08. The summed E-state index contributed by atoms with van der Waals surface area (Å²) in [5.74, 6) is 0. The van der Waals surface area contributed by atoms with Gasteiger partial charge < -0.3 is 0 Å². The fourth-order valence-electron chi connectivity index (χ4n) is 3.08. The predicted octanol–water partition coefficient (Wildman–Crippen LogP) is 7.14. The SMILES string of the molecule is C[Si](C)=[Ti+2].Cc1cc2c(C)cccc2[cH-]1.Cc1cc2c(C)cccc2[cH-]1. The van der Waals surface area contributed by atoms with Crippen LogP contribution in [0.15, 0.2) is 60.7 Å². The Morgan fingerprint density at radius 1 is 0.692 bits per heavy atom. The van der Waals surface area contributed by atoms with Crippen LogP contribution < -0.4 is 0 Å². The third kappa shape index (κ3) is 5.81. The van der Waals surface area contributed by atoms with Gasteiger partial charge in [-0.25, -0.2) is 0 Å². The summed E-state index contributed by atoms with van der Waals surface area (Å²) in [7, 11) is 0. The Bertz CT molecular complexity index is 935. The summed E-state index contributed by atoms with van der Waals surface area (Å²) in [6, 6.07) is 21.8. The maximum absolute atomic E-state index is 2.27. The van der Waals surface area contributed by atoms with Gasteiger partial charge in [-0.1, -0.05) is 37.1 Å². The van der Waals surface area contributed by atoms with Crippen molar-refractivity contribution in [3.05, 3.63) is 82.9 Å². The van der Waals surface area contributed by atoms with E-state index in [2.05, 4.69) is 121 Å². The fraction of sp³-hybridized carbons (Fsp3) is 0.250. The van der Waals surface area contributed by atoms with Crippen LogP contribution in [-0.2, 0) is 19.2 Å². The zero-order valence-electron chi connectivity index (χ0n) is 16.8. The Hall–Kier alpha value is -1.41. The molecule has 0 aliphatic rings. The largest absolute Gasteiger partial charge is 0.165 e. The van der Waals surface area contributed by atoms with Gasteiger partial charge in [0.05, 0.1) is 0 Å². The Morgan fingerprint density at radius 3 is 1.35 bits per heavy atom. The Morgan fingerprint density at radius 2 is 1.04 bits per heavy atom. The van der Waals surface area contributed by atoms with Crippen molar-refractivity contribution in [2.45, 2.75) is 40.8 Å². The minimum atomic E-state index is 0.120. The van der Waals surface area contributed by atoms with Gasteiger partial charge in [-0.2, -0.15) is 12.1 Å². The van der Waals surface area contributed by atoms with E-state index in [9.17, 15) is 0 Å². The molecule has 0 spiro atoms. The van der Waals surface area contributed by atoms with E-state index >= 15 is 0 Å². The van der Waals surface area contributed by atoms with Gasteiger partial charge in [0, 0.05) is 0 Å². The second kappa shape index (κ2) is 9.50. The molecule has 26 heavy (non-hydrogen) atoms. The molecule has 0 radical (unpaired) electrons. The summed E-state index contributed by atoms with van der Waals surface area (Å²) in [6.07, 6.45) is 0.120. The molecule has 4 aromatic rings. The zero-order valence-corrected chi connectivity index (χ0v) is 19.3. The first-order valence-electron chi connectivity index (χ1n) is 9.05. The number of benzene rings is 2. The second-order valence-corrected chi connectivity index (χ2v) is 13.9. The molecule has 0 unspecified atom stereocenters. The molecule has 0 nitrogen and oxygen atoms in total. The summed E-state index contributed by atoms with van der Waals surface area (Å²) >= 11 is 2.27. The monoisotopic (exact) mass is 392 g/mol. The molecule has 0 N–H and O–H groups in total. The maximum Gasteiger partial charge on any atom is -0.0488 e. The number of fused-ring (bicyclic) bond motifs is 2. The second-order valence-electron chi connectivity index (χ2n) is 7.22. The molecule has 2 heteroatoms. The molecule has 0 aliphatic carbocycles. The molecule has 0 fully saturated rings. The van der Waals surface area contributed by atoms with Crippen molar-refractivity contribution in [3.8, 4) is 0 Å². The topological polar surface area (TPSA) is 0 Å². The molecule has 0 heterocycles. The molecule has 0 atom stereocenters. The van der Waals surface area contributed by atoms with Crippen molar-refractivity contribution in [2.75, 3.05) is 0 Å². The van der Waals surface area contributed by atoms with Gasteiger partial charge in [0.15, 0.2) is 0 Å². The van der Waals surface area contributed by atoms with Gasteiger partial charge in [0.1, 0.15) is 0 Å². The van der Waals surface area contributed by atoms with E-state index in [1.807, 2.05) is 0 Å². The average Bonchev–Trinajstić information content (AvgIpc) is 3.11. The summed E-state index contributed by atoms with van der Waals surface area (Å²) < 4.78 is 0. The minimum absolute atomic E-state index is 0.120. The van der Waals surface area contributed by atoms with Crippen LogP contribution in [-0.4, -0.2) is 6.19 Å². The van der Waals surface area contributed by atoms with Crippen LogP contribution >= 0.6 is 0 Å². The Kier molecular flexibility index (Phi) is 7.64. The normalized spacial score (nSPS) is 10.2. The van der Waals surface area contributed by atoms with Crippen LogP contribution in [0.1, 0.15) is 22.3 Å². The van der Waals surface area contributed by atoms with Crippen molar-refractivity contribution < 1.29 is 19.2 Å². The molecule has 0 saturated heterocycles. The standard InChI is InChI=1S/2C11H11.C2H6Si.Ti/c2*1-8-6-10-5-3-4-9(2)11(10)7-8;1-3-2;/h2*3-7H,1-2H3;1-2H3;/q2*-1;;+2. The molecule has 4 rings (SSSR count). The first-order chi connectivity index (χ1) is 12.3. The minimum Gasteiger partial charge on any atom is -0.165 e. The van der Waals surface area contributed by atoms with Gasteiger partial charge in [-0.05, 0) is 13.8 Å². The molecule has 0 amide bonds. The van der Waals surface area contributed by atoms with Crippen molar-refractivity contribution in [3.63, 3.8) is 0 Å². The van der Waals surface area contributed by atoms with Crippen LogP contribution in [0.3, 0.4) is 0 Å². The average molecular weight is 392 g/mol. The number of rotatable bonds is 0. The van der Waals surface area contributed by atoms with Gasteiger partial charge in [-0.15, -0.1) is 69.1 Å². The van der Waals surface area contributed by atoms with Crippen LogP contribution in [0.2, 0.25) is 13.1 Å². The summed E-state index contributed by atoms with van der Waals surface area (Å²) in [6.45, 7) is 13.1. The van der Waals surface area contributed by atoms with E-state index in [1.165, 1.54) is 43.8 Å². The molecular formula is C24H28SiTi. The molecule has 132 valence electrons. The van der Waals surface area contributed by atoms with Gasteiger partial charge in [0.25, 0.3) is 0 Å². The number of hydrogen-bond acceptors (Lipinski definition) is 0. The van der Waals surface area contributed by atoms with E-state index in [1.54, 1.807) is 0 Å². The molecule has 0 aliphatic heterocycles. The van der Waals surface area contributed by atoms with Crippen LogP contribution in [0, 0.1) is 27.7 Å². The first kappa shape index (κ1) is 20.9. The smallest absolute Gasteiger partial charge is 0.0488 e. The quantitative estimate of drug-likeness (QED) is 0.220. The van der Waals surface area contributed by atoms with Crippen molar-refractivity contribution in [2.24, 2.45) is 0 Å².